The number of benzene rings is 8. The smallest absolute Gasteiger partial charge is 0.225 e. The SMILES string of the molecule is CCCCC(=O)NCCN(Cc1ccc(OCc2ccccc2)c(OC)c1)C(=O)C(C)C.COc1cc(CN(CCNC(=O)C(C)(C)C)C(=O)C(C)C)ccc1OCc1ccccc1.COc1cc(CN(CCNC(=O)C(C)C)C(=O)C(C)C)ccc1OCc1ccccc1.COc1cc(CN(CCNC(=O)CC(C)(C)C)C(=O)C(C)C)ccc1OCc1ccccc1. The Morgan fingerprint density at radius 3 is 0.805 bits per heavy atom. The molecule has 0 spiro atoms. The quantitative estimate of drug-likeness (QED) is 0.0276. The van der Waals surface area contributed by atoms with Crippen LogP contribution in [0.1, 0.15) is 188 Å². The van der Waals surface area contributed by atoms with Crippen LogP contribution in [0, 0.1) is 40.4 Å². The molecule has 0 unspecified atom stereocenters. The second-order valence-corrected chi connectivity index (χ2v) is 35.2. The molecule has 0 aliphatic carbocycles. The van der Waals surface area contributed by atoms with Crippen LogP contribution in [0.25, 0.3) is 0 Å². The number of nitrogens with one attached hydrogen (secondary N) is 4. The number of amides is 8. The van der Waals surface area contributed by atoms with Gasteiger partial charge in [0.1, 0.15) is 26.4 Å². The zero-order chi connectivity index (χ0) is 94.3. The third kappa shape index (κ3) is 39.9. The second kappa shape index (κ2) is 56.2. The van der Waals surface area contributed by atoms with Crippen molar-refractivity contribution < 1.29 is 76.3 Å². The maximum absolute atomic E-state index is 12.8. The zero-order valence-electron chi connectivity index (χ0n) is 79.8. The molecule has 0 fully saturated rings. The van der Waals surface area contributed by atoms with E-state index in [0.717, 1.165) is 57.3 Å². The monoisotopic (exact) mass is 1760 g/mol. The van der Waals surface area contributed by atoms with E-state index in [1.54, 1.807) is 48.0 Å². The molecule has 128 heavy (non-hydrogen) atoms. The van der Waals surface area contributed by atoms with Gasteiger partial charge in [-0.1, -0.05) is 270 Å². The highest BCUT2D eigenvalue weighted by molar-refractivity contribution is 5.83. The third-order valence-electron chi connectivity index (χ3n) is 20.0. The lowest BCUT2D eigenvalue weighted by atomic mass is 9.92. The number of carbonyl (C=O) groups is 8. The van der Waals surface area contributed by atoms with Gasteiger partial charge in [0, 0.05) is 126 Å². The zero-order valence-corrected chi connectivity index (χ0v) is 79.8. The first-order valence-corrected chi connectivity index (χ1v) is 44.6. The molecule has 0 bridgehead atoms. The molecule has 0 aliphatic rings. The summed E-state index contributed by atoms with van der Waals surface area (Å²) >= 11 is 0. The van der Waals surface area contributed by atoms with Gasteiger partial charge in [-0.25, -0.2) is 0 Å². The summed E-state index contributed by atoms with van der Waals surface area (Å²) in [5.74, 6) is 4.68. The van der Waals surface area contributed by atoms with Crippen LogP contribution in [0.4, 0.5) is 0 Å². The Morgan fingerprint density at radius 2 is 0.570 bits per heavy atom. The molecule has 8 amide bonds. The van der Waals surface area contributed by atoms with Crippen LogP contribution >= 0.6 is 0 Å². The molecule has 0 aromatic heterocycles. The van der Waals surface area contributed by atoms with E-state index in [9.17, 15) is 38.4 Å². The highest BCUT2D eigenvalue weighted by Crippen LogP contribution is 2.34. The van der Waals surface area contributed by atoms with E-state index >= 15 is 0 Å². The van der Waals surface area contributed by atoms with Gasteiger partial charge in [0.25, 0.3) is 0 Å². The molecule has 696 valence electrons. The topological polar surface area (TPSA) is 271 Å². The van der Waals surface area contributed by atoms with E-state index in [1.807, 2.05) is 305 Å². The third-order valence-corrected chi connectivity index (χ3v) is 20.0. The molecular weight excluding hydrogens is 1620 g/mol. The molecule has 0 atom stereocenters. The Morgan fingerprint density at radius 1 is 0.312 bits per heavy atom. The van der Waals surface area contributed by atoms with E-state index < -0.39 is 5.41 Å². The summed E-state index contributed by atoms with van der Waals surface area (Å²) in [5.41, 5.74) is 7.52. The molecule has 8 aromatic carbocycles. The molecule has 8 aromatic rings. The van der Waals surface area contributed by atoms with Gasteiger partial charge < -0.3 is 78.8 Å². The lowest BCUT2D eigenvalue weighted by Crippen LogP contribution is -2.42. The molecule has 0 radical (unpaired) electrons. The number of methoxy groups -OCH3 is 4. The normalized spacial score (nSPS) is 11.0. The van der Waals surface area contributed by atoms with Crippen LogP contribution in [0.2, 0.25) is 0 Å². The number of carbonyl (C=O) groups excluding carboxylic acids is 8. The largest absolute Gasteiger partial charge is 0.493 e. The van der Waals surface area contributed by atoms with Crippen molar-refractivity contribution >= 4 is 47.3 Å². The molecular formula is C104H144N8O16. The van der Waals surface area contributed by atoms with Crippen LogP contribution < -0.4 is 59.2 Å². The maximum Gasteiger partial charge on any atom is 0.225 e. The maximum atomic E-state index is 12.8. The van der Waals surface area contributed by atoms with Gasteiger partial charge >= 0.3 is 0 Å². The Hall–Kier alpha value is -12.1. The standard InChI is InChI=1S/C27H38N2O4.2C26H36N2O4.C25H34N2O4/c1-20(2)26(31)29(15-14-28-25(30)17-27(3,4)5)18-22-12-13-23(24(16-22)32-6)33-19-21-10-8-7-9-11-21;1-19(2)24(29)28(15-14-27-25(30)26(3,4)5)17-21-12-13-22(23(16-21)31-6)32-18-20-10-8-7-9-11-20;1-5-6-12-25(29)27-15-16-28(26(30)20(2)3)18-22-13-14-23(24(17-22)31-4)32-19-21-10-8-7-9-11-21;1-18(2)24(28)26-13-14-27(25(29)19(3)4)16-21-11-12-22(23(15-21)30-5)31-17-20-9-7-6-8-10-20/h7-13,16,20H,14-15,17-19H2,1-6H3,(H,28,30);7-13,16,19H,14-15,17-18H2,1-6H3,(H,27,30);7-11,13-14,17,20H,5-6,12,15-16,18-19H2,1-4H3,(H,27,29);6-12,15,18-19H,13-14,16-17H2,1-5H3,(H,26,28). The summed E-state index contributed by atoms with van der Waals surface area (Å²) in [6.45, 7) is 39.5. The minimum absolute atomic E-state index is 0.000956. The van der Waals surface area contributed by atoms with Crippen molar-refractivity contribution in [2.24, 2.45) is 40.4 Å². The number of unbranched alkanes of at least 4 members (excludes halogenated alkanes) is 1. The first kappa shape index (κ1) is 106. The number of rotatable bonds is 45. The van der Waals surface area contributed by atoms with Gasteiger partial charge in [-0.05, 0) is 105 Å². The second-order valence-electron chi connectivity index (χ2n) is 35.2. The Labute approximate surface area is 762 Å². The molecule has 8 rings (SSSR count). The Balaban J connectivity index is 0.000000303. The van der Waals surface area contributed by atoms with Crippen LogP contribution in [-0.4, -0.2) is 148 Å². The number of hydrogen-bond acceptors (Lipinski definition) is 16. The van der Waals surface area contributed by atoms with Crippen molar-refractivity contribution in [1.82, 2.24) is 40.9 Å². The fraction of sp³-hybridized carbons (Fsp3) is 0.462. The number of ether oxygens (including phenoxy) is 8. The molecule has 0 aliphatic heterocycles. The van der Waals surface area contributed by atoms with E-state index in [0.29, 0.717) is 164 Å². The van der Waals surface area contributed by atoms with Crippen LogP contribution in [0.3, 0.4) is 0 Å². The van der Waals surface area contributed by atoms with Gasteiger partial charge in [0.2, 0.25) is 47.3 Å². The fourth-order valence-corrected chi connectivity index (χ4v) is 12.8. The number of hydrogen-bond donors (Lipinski definition) is 4. The fourth-order valence-electron chi connectivity index (χ4n) is 12.8. The number of nitrogens with zero attached hydrogens (tertiary/aromatic N) is 4. The highest BCUT2D eigenvalue weighted by atomic mass is 16.5. The van der Waals surface area contributed by atoms with Crippen LogP contribution in [-0.2, 0) is 91.0 Å². The summed E-state index contributed by atoms with van der Waals surface area (Å²) < 4.78 is 45.8. The van der Waals surface area contributed by atoms with Crippen molar-refractivity contribution in [2.75, 3.05) is 80.8 Å². The molecule has 4 N–H and O–H groups in total. The van der Waals surface area contributed by atoms with E-state index in [2.05, 4.69) is 28.2 Å². The predicted molar refractivity (Wildman–Crippen MR) is 506 cm³/mol. The molecule has 0 heterocycles. The molecule has 0 saturated heterocycles. The van der Waals surface area contributed by atoms with Gasteiger partial charge in [-0.2, -0.15) is 0 Å². The van der Waals surface area contributed by atoms with Gasteiger partial charge in [0.05, 0.1) is 28.4 Å². The van der Waals surface area contributed by atoms with Gasteiger partial charge in [0.15, 0.2) is 46.0 Å². The molecule has 24 heteroatoms. The van der Waals surface area contributed by atoms with E-state index in [1.165, 1.54) is 0 Å². The summed E-state index contributed by atoms with van der Waals surface area (Å²) in [5, 5.41) is 11.6. The van der Waals surface area contributed by atoms with Crippen molar-refractivity contribution in [2.45, 2.75) is 196 Å². The van der Waals surface area contributed by atoms with Gasteiger partial charge in [-0.15, -0.1) is 0 Å². The highest BCUT2D eigenvalue weighted by Gasteiger charge is 2.26. The van der Waals surface area contributed by atoms with Gasteiger partial charge in [-0.3, -0.25) is 38.4 Å². The van der Waals surface area contributed by atoms with Crippen molar-refractivity contribution in [1.29, 1.82) is 0 Å². The van der Waals surface area contributed by atoms with E-state index in [-0.39, 0.29) is 82.3 Å². The molecule has 24 nitrogen and oxygen atoms in total. The summed E-state index contributed by atoms with van der Waals surface area (Å²) in [6, 6.07) is 62.6. The lowest BCUT2D eigenvalue weighted by Gasteiger charge is -2.26. The summed E-state index contributed by atoms with van der Waals surface area (Å²) in [6.07, 6.45) is 2.83. The Bertz CT molecular complexity index is 4670. The van der Waals surface area contributed by atoms with Crippen LogP contribution in [0.15, 0.2) is 194 Å². The molecule has 0 saturated carbocycles. The Kier molecular flexibility index (Phi) is 46.7. The minimum atomic E-state index is -0.462. The lowest BCUT2D eigenvalue weighted by molar-refractivity contribution is -0.136. The van der Waals surface area contributed by atoms with Crippen molar-refractivity contribution in [3.63, 3.8) is 0 Å². The van der Waals surface area contributed by atoms with Crippen LogP contribution in [0.5, 0.6) is 46.0 Å². The first-order chi connectivity index (χ1) is 60.9. The summed E-state index contributed by atoms with van der Waals surface area (Å²) in [4.78, 5) is 106. The average molecular weight is 1760 g/mol. The predicted octanol–water partition coefficient (Wildman–Crippen LogP) is 17.8. The summed E-state index contributed by atoms with van der Waals surface area (Å²) in [7, 11) is 6.42. The average Bonchev–Trinajstić information content (AvgIpc) is 0.854. The van der Waals surface area contributed by atoms with Crippen molar-refractivity contribution in [3.05, 3.63) is 239 Å². The first-order valence-electron chi connectivity index (χ1n) is 44.6. The minimum Gasteiger partial charge on any atom is -0.493 e. The van der Waals surface area contributed by atoms with E-state index in [4.69, 9.17) is 37.9 Å². The van der Waals surface area contributed by atoms with Crippen molar-refractivity contribution in [3.8, 4) is 46.0 Å².